The smallest absolute Gasteiger partial charge is 0.263 e. The second-order valence-corrected chi connectivity index (χ2v) is 6.92. The van der Waals surface area contributed by atoms with Gasteiger partial charge in [-0.2, -0.15) is 0 Å². The van der Waals surface area contributed by atoms with Gasteiger partial charge in [0, 0.05) is 37.6 Å². The second-order valence-electron chi connectivity index (χ2n) is 5.89. The third-order valence-electron chi connectivity index (χ3n) is 4.41. The molecule has 6 heteroatoms. The number of thiophene rings is 1. The van der Waals surface area contributed by atoms with E-state index < -0.39 is 0 Å². The summed E-state index contributed by atoms with van der Waals surface area (Å²) in [6.45, 7) is 6.26. The number of rotatable bonds is 3. The van der Waals surface area contributed by atoms with E-state index in [2.05, 4.69) is 22.3 Å². The molecule has 0 amide bonds. The van der Waals surface area contributed by atoms with Gasteiger partial charge >= 0.3 is 0 Å². The highest BCUT2D eigenvalue weighted by Gasteiger charge is 2.19. The average molecular weight is 340 g/mol. The van der Waals surface area contributed by atoms with E-state index >= 15 is 0 Å². The molecular formula is C18H20N4OS. The minimum absolute atomic E-state index is 0.0643. The molecule has 1 aromatic carbocycles. The molecule has 0 saturated carbocycles. The molecule has 0 aliphatic carbocycles. The summed E-state index contributed by atoms with van der Waals surface area (Å²) in [7, 11) is 0. The van der Waals surface area contributed by atoms with Crippen LogP contribution in [0.5, 0.6) is 0 Å². The van der Waals surface area contributed by atoms with Gasteiger partial charge < -0.3 is 10.2 Å². The summed E-state index contributed by atoms with van der Waals surface area (Å²) in [4.78, 5) is 21.9. The van der Waals surface area contributed by atoms with E-state index in [0.29, 0.717) is 6.54 Å². The van der Waals surface area contributed by atoms with Crippen molar-refractivity contribution in [1.82, 2.24) is 14.9 Å². The molecule has 1 aliphatic heterocycles. The van der Waals surface area contributed by atoms with Crippen LogP contribution in [-0.4, -0.2) is 35.7 Å². The third kappa shape index (κ3) is 2.61. The first kappa shape index (κ1) is 15.4. The van der Waals surface area contributed by atoms with Gasteiger partial charge in [-0.05, 0) is 18.6 Å². The Balaban J connectivity index is 1.87. The number of fused-ring (bicyclic) bond motifs is 1. The van der Waals surface area contributed by atoms with Crippen molar-refractivity contribution in [3.63, 3.8) is 0 Å². The fourth-order valence-corrected chi connectivity index (χ4v) is 4.16. The zero-order valence-corrected chi connectivity index (χ0v) is 14.5. The van der Waals surface area contributed by atoms with Gasteiger partial charge in [-0.25, -0.2) is 4.98 Å². The van der Waals surface area contributed by atoms with Gasteiger partial charge in [0.2, 0.25) is 5.95 Å². The van der Waals surface area contributed by atoms with Crippen LogP contribution in [0.2, 0.25) is 0 Å². The molecule has 5 nitrogen and oxygen atoms in total. The largest absolute Gasteiger partial charge is 0.340 e. The molecule has 0 spiro atoms. The summed E-state index contributed by atoms with van der Waals surface area (Å²) in [5.74, 6) is 0.804. The molecule has 4 rings (SSSR count). The standard InChI is InChI=1S/C18H20N4OS/c1-2-22-17(23)14-12-15(13-6-4-3-5-7-13)24-16(14)20-18(22)21-10-8-19-9-11-21/h3-7,12,19H,2,8-11H2,1H3. The van der Waals surface area contributed by atoms with Crippen LogP contribution in [-0.2, 0) is 6.54 Å². The zero-order valence-electron chi connectivity index (χ0n) is 13.7. The second kappa shape index (κ2) is 6.37. The van der Waals surface area contributed by atoms with Crippen LogP contribution in [0.1, 0.15) is 6.92 Å². The molecule has 24 heavy (non-hydrogen) atoms. The van der Waals surface area contributed by atoms with E-state index in [0.717, 1.165) is 52.8 Å². The van der Waals surface area contributed by atoms with E-state index in [1.54, 1.807) is 15.9 Å². The Kier molecular flexibility index (Phi) is 4.08. The highest BCUT2D eigenvalue weighted by molar-refractivity contribution is 7.21. The van der Waals surface area contributed by atoms with Gasteiger partial charge in [-0.15, -0.1) is 11.3 Å². The molecule has 1 saturated heterocycles. The van der Waals surface area contributed by atoms with Gasteiger partial charge in [0.1, 0.15) is 4.83 Å². The molecular weight excluding hydrogens is 320 g/mol. The van der Waals surface area contributed by atoms with Crippen LogP contribution < -0.4 is 15.8 Å². The lowest BCUT2D eigenvalue weighted by molar-refractivity contribution is 0.561. The Morgan fingerprint density at radius 3 is 2.67 bits per heavy atom. The summed E-state index contributed by atoms with van der Waals surface area (Å²) in [5, 5.41) is 4.07. The molecule has 0 bridgehead atoms. The molecule has 3 aromatic rings. The van der Waals surface area contributed by atoms with Crippen molar-refractivity contribution in [3.8, 4) is 10.4 Å². The summed E-state index contributed by atoms with van der Waals surface area (Å²) < 4.78 is 1.80. The Hall–Kier alpha value is -2.18. The third-order valence-corrected chi connectivity index (χ3v) is 5.48. The van der Waals surface area contributed by atoms with Crippen molar-refractivity contribution < 1.29 is 0 Å². The van der Waals surface area contributed by atoms with E-state index in [9.17, 15) is 4.79 Å². The minimum Gasteiger partial charge on any atom is -0.340 e. The van der Waals surface area contributed by atoms with Crippen molar-refractivity contribution in [2.75, 3.05) is 31.1 Å². The summed E-state index contributed by atoms with van der Waals surface area (Å²) >= 11 is 1.60. The first-order valence-corrected chi connectivity index (χ1v) is 9.15. The van der Waals surface area contributed by atoms with Crippen molar-refractivity contribution in [1.29, 1.82) is 0 Å². The zero-order chi connectivity index (χ0) is 16.5. The fourth-order valence-electron chi connectivity index (χ4n) is 3.14. The SMILES string of the molecule is CCn1c(N2CCNCC2)nc2sc(-c3ccccc3)cc2c1=O. The maximum Gasteiger partial charge on any atom is 0.263 e. The van der Waals surface area contributed by atoms with Crippen LogP contribution in [0, 0.1) is 0 Å². The Morgan fingerprint density at radius 2 is 1.96 bits per heavy atom. The molecule has 1 aliphatic rings. The first-order chi connectivity index (χ1) is 11.8. The van der Waals surface area contributed by atoms with Crippen LogP contribution in [0.3, 0.4) is 0 Å². The predicted octanol–water partition coefficient (Wildman–Crippen LogP) is 2.55. The number of anilines is 1. The van der Waals surface area contributed by atoms with Crippen molar-refractivity contribution in [2.45, 2.75) is 13.5 Å². The minimum atomic E-state index is 0.0643. The van der Waals surface area contributed by atoms with Crippen LogP contribution in [0.15, 0.2) is 41.2 Å². The van der Waals surface area contributed by atoms with Crippen molar-refractivity contribution in [3.05, 3.63) is 46.8 Å². The topological polar surface area (TPSA) is 50.2 Å². The van der Waals surface area contributed by atoms with Crippen LogP contribution >= 0.6 is 11.3 Å². The van der Waals surface area contributed by atoms with Crippen LogP contribution in [0.4, 0.5) is 5.95 Å². The molecule has 1 N–H and O–H groups in total. The quantitative estimate of drug-likeness (QED) is 0.796. The summed E-state index contributed by atoms with van der Waals surface area (Å²) in [6.07, 6.45) is 0. The maximum absolute atomic E-state index is 13.0. The molecule has 0 radical (unpaired) electrons. The molecule has 0 atom stereocenters. The lowest BCUT2D eigenvalue weighted by Crippen LogP contribution is -2.46. The number of nitrogens with zero attached hydrogens (tertiary/aromatic N) is 3. The van der Waals surface area contributed by atoms with E-state index in [1.165, 1.54) is 0 Å². The molecule has 1 fully saturated rings. The number of hydrogen-bond donors (Lipinski definition) is 1. The van der Waals surface area contributed by atoms with Gasteiger partial charge in [0.05, 0.1) is 5.39 Å². The lowest BCUT2D eigenvalue weighted by Gasteiger charge is -2.29. The Labute approximate surface area is 144 Å². The van der Waals surface area contributed by atoms with E-state index in [4.69, 9.17) is 4.98 Å². The Morgan fingerprint density at radius 1 is 1.21 bits per heavy atom. The van der Waals surface area contributed by atoms with Gasteiger partial charge in [-0.1, -0.05) is 30.3 Å². The highest BCUT2D eigenvalue weighted by Crippen LogP contribution is 2.31. The maximum atomic E-state index is 13.0. The van der Waals surface area contributed by atoms with Gasteiger partial charge in [0.15, 0.2) is 0 Å². The molecule has 0 unspecified atom stereocenters. The highest BCUT2D eigenvalue weighted by atomic mass is 32.1. The number of aromatic nitrogens is 2. The van der Waals surface area contributed by atoms with Gasteiger partial charge in [0.25, 0.3) is 5.56 Å². The molecule has 124 valence electrons. The monoisotopic (exact) mass is 340 g/mol. The lowest BCUT2D eigenvalue weighted by atomic mass is 10.2. The Bertz CT molecular complexity index is 910. The number of nitrogens with one attached hydrogen (secondary N) is 1. The number of hydrogen-bond acceptors (Lipinski definition) is 5. The molecule has 3 heterocycles. The fraction of sp³-hybridized carbons (Fsp3) is 0.333. The first-order valence-electron chi connectivity index (χ1n) is 8.33. The predicted molar refractivity (Wildman–Crippen MR) is 100 cm³/mol. The van der Waals surface area contributed by atoms with Crippen LogP contribution in [0.25, 0.3) is 20.7 Å². The summed E-state index contributed by atoms with van der Waals surface area (Å²) in [6, 6.07) is 12.2. The number of piperazine rings is 1. The van der Waals surface area contributed by atoms with Gasteiger partial charge in [-0.3, -0.25) is 9.36 Å². The molecule has 2 aromatic heterocycles. The number of benzene rings is 1. The summed E-state index contributed by atoms with van der Waals surface area (Å²) in [5.41, 5.74) is 1.20. The average Bonchev–Trinajstić information content (AvgIpc) is 3.08. The van der Waals surface area contributed by atoms with Crippen molar-refractivity contribution in [2.24, 2.45) is 0 Å². The van der Waals surface area contributed by atoms with Crippen molar-refractivity contribution >= 4 is 27.5 Å². The van der Waals surface area contributed by atoms with E-state index in [-0.39, 0.29) is 5.56 Å². The van der Waals surface area contributed by atoms with E-state index in [1.807, 2.05) is 31.2 Å². The normalized spacial score (nSPS) is 15.1.